The number of benzene rings is 1. The van der Waals surface area contributed by atoms with Gasteiger partial charge in [0.05, 0.1) is 12.0 Å². The van der Waals surface area contributed by atoms with E-state index < -0.39 is 24.0 Å². The summed E-state index contributed by atoms with van der Waals surface area (Å²) in [7, 11) is 0. The van der Waals surface area contributed by atoms with E-state index in [-0.39, 0.29) is 22.7 Å². The fourth-order valence-electron chi connectivity index (χ4n) is 1.75. The lowest BCUT2D eigenvalue weighted by Crippen LogP contribution is -2.12. The van der Waals surface area contributed by atoms with Gasteiger partial charge < -0.3 is 10.2 Å². The second-order valence-corrected chi connectivity index (χ2v) is 4.25. The summed E-state index contributed by atoms with van der Waals surface area (Å²) >= 11 is 0. The molecule has 0 aliphatic carbocycles. The molecule has 0 amide bonds. The monoisotopic (exact) mass is 285 g/mol. The van der Waals surface area contributed by atoms with E-state index in [9.17, 15) is 19.5 Å². The Morgan fingerprint density at radius 1 is 0.905 bits per heavy atom. The largest absolute Gasteiger partial charge is 0.507 e. The maximum Gasteiger partial charge on any atom is 0.354 e. The molecular formula is C15H11NO5. The highest BCUT2D eigenvalue weighted by atomic mass is 16.4. The predicted molar refractivity (Wildman–Crippen MR) is 72.6 cm³/mol. The first kappa shape index (κ1) is 14.4. The maximum atomic E-state index is 12.0. The van der Waals surface area contributed by atoms with Gasteiger partial charge in [-0.05, 0) is 24.3 Å². The molecule has 1 aromatic heterocycles. The number of aromatic hydroxyl groups is 1. The number of carboxylic acids is 1. The van der Waals surface area contributed by atoms with Crippen LogP contribution in [-0.2, 0) is 0 Å². The molecule has 0 atom stereocenters. The Labute approximate surface area is 119 Å². The summed E-state index contributed by atoms with van der Waals surface area (Å²) in [6.07, 6.45) is -0.492. The van der Waals surface area contributed by atoms with Crippen LogP contribution in [0.4, 0.5) is 0 Å². The van der Waals surface area contributed by atoms with Gasteiger partial charge in [-0.1, -0.05) is 18.2 Å². The van der Waals surface area contributed by atoms with Crippen LogP contribution in [0.3, 0.4) is 0 Å². The zero-order valence-electron chi connectivity index (χ0n) is 10.8. The lowest BCUT2D eigenvalue weighted by Gasteiger charge is -2.03. The summed E-state index contributed by atoms with van der Waals surface area (Å²) in [5.74, 6) is -2.62. The minimum Gasteiger partial charge on any atom is -0.507 e. The van der Waals surface area contributed by atoms with Crippen molar-refractivity contribution in [1.29, 1.82) is 0 Å². The van der Waals surface area contributed by atoms with Gasteiger partial charge in [0.25, 0.3) is 0 Å². The van der Waals surface area contributed by atoms with Gasteiger partial charge in [0.1, 0.15) is 17.1 Å². The highest BCUT2D eigenvalue weighted by molar-refractivity contribution is 6.13. The molecule has 2 aromatic rings. The minimum atomic E-state index is -1.25. The van der Waals surface area contributed by atoms with Crippen LogP contribution in [0.25, 0.3) is 0 Å². The standard InChI is InChI=1S/C15H11NO5/c17-12-7-2-1-4-9(12)13(18)8-14(19)10-5-3-6-11(16-10)15(20)21/h1-7,17H,8H2,(H,20,21). The van der Waals surface area contributed by atoms with E-state index in [1.165, 1.54) is 30.3 Å². The molecule has 0 bridgehead atoms. The van der Waals surface area contributed by atoms with Gasteiger partial charge in [0, 0.05) is 0 Å². The van der Waals surface area contributed by atoms with Gasteiger partial charge in [-0.2, -0.15) is 0 Å². The summed E-state index contributed by atoms with van der Waals surface area (Å²) < 4.78 is 0. The van der Waals surface area contributed by atoms with E-state index in [0.29, 0.717) is 0 Å². The highest BCUT2D eigenvalue weighted by Gasteiger charge is 2.18. The Kier molecular flexibility index (Phi) is 4.08. The lowest BCUT2D eigenvalue weighted by atomic mass is 10.0. The number of carbonyl (C=O) groups excluding carboxylic acids is 2. The molecule has 0 spiro atoms. The number of hydrogen-bond acceptors (Lipinski definition) is 5. The third-order valence-corrected chi connectivity index (χ3v) is 2.78. The number of aromatic nitrogens is 1. The van der Waals surface area contributed by atoms with E-state index in [4.69, 9.17) is 5.11 Å². The van der Waals surface area contributed by atoms with Gasteiger partial charge in [-0.25, -0.2) is 9.78 Å². The van der Waals surface area contributed by atoms with Gasteiger partial charge >= 0.3 is 5.97 Å². The zero-order valence-corrected chi connectivity index (χ0v) is 10.8. The molecule has 106 valence electrons. The van der Waals surface area contributed by atoms with Crippen molar-refractivity contribution < 1.29 is 24.6 Å². The van der Waals surface area contributed by atoms with Crippen LogP contribution in [0.2, 0.25) is 0 Å². The molecule has 0 aliphatic heterocycles. The fraction of sp³-hybridized carbons (Fsp3) is 0.0667. The second kappa shape index (κ2) is 5.96. The average Bonchev–Trinajstić information content (AvgIpc) is 2.47. The third kappa shape index (κ3) is 3.30. The third-order valence-electron chi connectivity index (χ3n) is 2.78. The first-order valence-corrected chi connectivity index (χ1v) is 6.04. The summed E-state index contributed by atoms with van der Waals surface area (Å²) in [5, 5.41) is 18.4. The van der Waals surface area contributed by atoms with Crippen molar-refractivity contribution in [3.05, 3.63) is 59.4 Å². The summed E-state index contributed by atoms with van der Waals surface area (Å²) in [6, 6.07) is 9.87. The normalized spacial score (nSPS) is 10.1. The Hall–Kier alpha value is -3.02. The molecule has 0 unspecified atom stereocenters. The molecule has 21 heavy (non-hydrogen) atoms. The Balaban J connectivity index is 2.19. The second-order valence-electron chi connectivity index (χ2n) is 4.25. The molecule has 1 heterocycles. The van der Waals surface area contributed by atoms with Crippen molar-refractivity contribution in [2.45, 2.75) is 6.42 Å². The van der Waals surface area contributed by atoms with Crippen LogP contribution in [0.1, 0.15) is 37.8 Å². The van der Waals surface area contributed by atoms with Crippen LogP contribution in [0, 0.1) is 0 Å². The minimum absolute atomic E-state index is 0.0419. The number of nitrogens with zero attached hydrogens (tertiary/aromatic N) is 1. The number of phenols is 1. The van der Waals surface area contributed by atoms with Crippen LogP contribution in [0.5, 0.6) is 5.75 Å². The molecule has 0 radical (unpaired) electrons. The van der Waals surface area contributed by atoms with Crippen molar-refractivity contribution in [2.24, 2.45) is 0 Å². The smallest absolute Gasteiger partial charge is 0.354 e. The van der Waals surface area contributed by atoms with Crippen LogP contribution < -0.4 is 0 Å². The van der Waals surface area contributed by atoms with Crippen molar-refractivity contribution in [2.75, 3.05) is 0 Å². The molecule has 6 nitrogen and oxygen atoms in total. The Morgan fingerprint density at radius 3 is 2.24 bits per heavy atom. The maximum absolute atomic E-state index is 12.0. The number of aromatic carboxylic acids is 1. The number of rotatable bonds is 5. The first-order chi connectivity index (χ1) is 9.99. The summed E-state index contributed by atoms with van der Waals surface area (Å²) in [4.78, 5) is 38.4. The Morgan fingerprint density at radius 2 is 1.57 bits per heavy atom. The van der Waals surface area contributed by atoms with Gasteiger partial charge in [0.15, 0.2) is 11.6 Å². The van der Waals surface area contributed by atoms with Crippen molar-refractivity contribution >= 4 is 17.5 Å². The predicted octanol–water partition coefficient (Wildman–Crippen LogP) is 1.94. The number of hydrogen-bond donors (Lipinski definition) is 2. The van der Waals surface area contributed by atoms with E-state index in [1.807, 2.05) is 0 Å². The fourth-order valence-corrected chi connectivity index (χ4v) is 1.75. The highest BCUT2D eigenvalue weighted by Crippen LogP contribution is 2.18. The summed E-state index contributed by atoms with van der Waals surface area (Å²) in [5.41, 5.74) is -0.324. The number of Topliss-reactive ketones (excluding diaryl/α,β-unsaturated/α-hetero) is 2. The molecule has 1 aromatic carbocycles. The quantitative estimate of drug-likeness (QED) is 0.642. The van der Waals surface area contributed by atoms with E-state index >= 15 is 0 Å². The van der Waals surface area contributed by atoms with Crippen LogP contribution >= 0.6 is 0 Å². The van der Waals surface area contributed by atoms with Crippen LogP contribution in [-0.4, -0.2) is 32.7 Å². The number of ketones is 2. The number of para-hydroxylation sites is 1. The van der Waals surface area contributed by atoms with Crippen LogP contribution in [0.15, 0.2) is 42.5 Å². The van der Waals surface area contributed by atoms with E-state index in [2.05, 4.69) is 4.98 Å². The lowest BCUT2D eigenvalue weighted by molar-refractivity contribution is 0.0690. The first-order valence-electron chi connectivity index (χ1n) is 6.04. The molecule has 2 N–H and O–H groups in total. The van der Waals surface area contributed by atoms with Gasteiger partial charge in [-0.3, -0.25) is 9.59 Å². The molecule has 0 fully saturated rings. The SMILES string of the molecule is O=C(O)c1cccc(C(=O)CC(=O)c2ccccc2O)n1. The summed E-state index contributed by atoms with van der Waals surface area (Å²) in [6.45, 7) is 0. The topological polar surface area (TPSA) is 105 Å². The number of carboxylic acid groups (broad SMARTS) is 1. The zero-order chi connectivity index (χ0) is 15.4. The average molecular weight is 285 g/mol. The molecule has 0 aliphatic rings. The molecule has 6 heteroatoms. The molecule has 0 saturated heterocycles. The molecule has 2 rings (SSSR count). The number of carbonyl (C=O) groups is 3. The molecule has 0 saturated carbocycles. The van der Waals surface area contributed by atoms with E-state index in [1.54, 1.807) is 12.1 Å². The van der Waals surface area contributed by atoms with Crippen molar-refractivity contribution in [3.8, 4) is 5.75 Å². The molecular weight excluding hydrogens is 274 g/mol. The van der Waals surface area contributed by atoms with Crippen molar-refractivity contribution in [1.82, 2.24) is 4.98 Å². The number of pyridine rings is 1. The number of phenolic OH excluding ortho intramolecular Hbond substituents is 1. The van der Waals surface area contributed by atoms with Gasteiger partial charge in [0.2, 0.25) is 0 Å². The van der Waals surface area contributed by atoms with Crippen molar-refractivity contribution in [3.63, 3.8) is 0 Å². The van der Waals surface area contributed by atoms with E-state index in [0.717, 1.165) is 0 Å². The van der Waals surface area contributed by atoms with Gasteiger partial charge in [-0.15, -0.1) is 0 Å². The Bertz CT molecular complexity index is 724.